The Balaban J connectivity index is 1.63. The Morgan fingerprint density at radius 2 is 1.89 bits per heavy atom. The van der Waals surface area contributed by atoms with Gasteiger partial charge in [0.15, 0.2) is 0 Å². The first-order valence-corrected chi connectivity index (χ1v) is 9.18. The number of hydrogen-bond acceptors (Lipinski definition) is 4. The van der Waals surface area contributed by atoms with Crippen molar-refractivity contribution in [3.8, 4) is 6.07 Å². The fraction of sp³-hybridized carbons (Fsp3) is 0.238. The van der Waals surface area contributed by atoms with Crippen LogP contribution >= 0.6 is 11.6 Å². The van der Waals surface area contributed by atoms with Gasteiger partial charge in [-0.15, -0.1) is 0 Å². The van der Waals surface area contributed by atoms with E-state index < -0.39 is 0 Å². The first-order chi connectivity index (χ1) is 13.1. The number of nitrogens with zero attached hydrogens (tertiary/aromatic N) is 3. The second kappa shape index (κ2) is 8.61. The molecule has 3 rings (SSSR count). The zero-order valence-corrected chi connectivity index (χ0v) is 15.9. The summed E-state index contributed by atoms with van der Waals surface area (Å²) in [5.74, 6) is -0.385. The summed E-state index contributed by atoms with van der Waals surface area (Å²) in [5, 5.41) is 12.9. The van der Waals surface area contributed by atoms with Gasteiger partial charge in [0.1, 0.15) is 11.6 Å². The van der Waals surface area contributed by atoms with Crippen molar-refractivity contribution < 1.29 is 4.79 Å². The Morgan fingerprint density at radius 3 is 2.56 bits per heavy atom. The molecule has 5 nitrogen and oxygen atoms in total. The molecule has 1 heterocycles. The summed E-state index contributed by atoms with van der Waals surface area (Å²) in [5.41, 5.74) is 2.87. The third-order valence-electron chi connectivity index (χ3n) is 4.56. The van der Waals surface area contributed by atoms with Gasteiger partial charge in [0, 0.05) is 48.8 Å². The molecule has 138 valence electrons. The Bertz CT molecular complexity index is 895. The molecule has 27 heavy (non-hydrogen) atoms. The quantitative estimate of drug-likeness (QED) is 0.647. The first-order valence-electron chi connectivity index (χ1n) is 8.80. The number of carbonyl (C=O) groups is 1. The summed E-state index contributed by atoms with van der Waals surface area (Å²) in [6.45, 7) is 4.98. The number of benzene rings is 2. The number of halogens is 1. The van der Waals surface area contributed by atoms with Crippen molar-refractivity contribution in [3.05, 3.63) is 70.9 Å². The molecule has 1 aliphatic rings. The lowest BCUT2D eigenvalue weighted by molar-refractivity contribution is -0.112. The van der Waals surface area contributed by atoms with Crippen LogP contribution < -0.4 is 10.2 Å². The molecule has 0 spiro atoms. The average Bonchev–Trinajstić information content (AvgIpc) is 2.68. The van der Waals surface area contributed by atoms with Crippen LogP contribution in [0, 0.1) is 18.3 Å². The second-order valence-corrected chi connectivity index (χ2v) is 6.86. The normalized spacial score (nSPS) is 14.6. The molecule has 2 aromatic rings. The number of nitriles is 1. The highest BCUT2D eigenvalue weighted by molar-refractivity contribution is 6.30. The average molecular weight is 381 g/mol. The zero-order valence-electron chi connectivity index (χ0n) is 15.2. The van der Waals surface area contributed by atoms with Crippen LogP contribution in [-0.2, 0) is 4.79 Å². The maximum Gasteiger partial charge on any atom is 0.267 e. The molecule has 0 bridgehead atoms. The topological polar surface area (TPSA) is 59.4 Å². The van der Waals surface area contributed by atoms with Crippen molar-refractivity contribution in [1.29, 1.82) is 5.26 Å². The van der Waals surface area contributed by atoms with Gasteiger partial charge in [-0.1, -0.05) is 35.9 Å². The third-order valence-corrected chi connectivity index (χ3v) is 4.79. The number of para-hydroxylation sites is 1. The summed E-state index contributed by atoms with van der Waals surface area (Å²) in [4.78, 5) is 16.7. The standard InChI is InChI=1S/C21H21ClN4O/c1-16-5-2-3-8-20(16)24-21(27)17(14-23)15-25-9-11-26(12-10-25)19-7-4-6-18(22)13-19/h2-8,13,15H,9-12H2,1H3,(H,24,27)/b17-15-. The van der Waals surface area contributed by atoms with Gasteiger partial charge in [-0.25, -0.2) is 0 Å². The van der Waals surface area contributed by atoms with Gasteiger partial charge in [-0.3, -0.25) is 4.79 Å². The van der Waals surface area contributed by atoms with E-state index in [1.54, 1.807) is 6.20 Å². The molecule has 0 unspecified atom stereocenters. The molecule has 0 atom stereocenters. The molecule has 1 aliphatic heterocycles. The van der Waals surface area contributed by atoms with E-state index >= 15 is 0 Å². The van der Waals surface area contributed by atoms with E-state index in [0.717, 1.165) is 48.1 Å². The summed E-state index contributed by atoms with van der Waals surface area (Å²) in [6.07, 6.45) is 1.66. The first kappa shape index (κ1) is 18.8. The molecular formula is C21H21ClN4O. The van der Waals surface area contributed by atoms with Crippen LogP contribution in [-0.4, -0.2) is 37.0 Å². The molecular weight excluding hydrogens is 360 g/mol. The predicted molar refractivity (Wildman–Crippen MR) is 109 cm³/mol. The minimum Gasteiger partial charge on any atom is -0.373 e. The molecule has 1 fully saturated rings. The number of rotatable bonds is 4. The monoisotopic (exact) mass is 380 g/mol. The zero-order chi connectivity index (χ0) is 19.2. The van der Waals surface area contributed by atoms with E-state index in [1.807, 2.05) is 66.4 Å². The van der Waals surface area contributed by atoms with Crippen molar-refractivity contribution in [3.63, 3.8) is 0 Å². The largest absolute Gasteiger partial charge is 0.373 e. The molecule has 2 aromatic carbocycles. The maximum absolute atomic E-state index is 12.4. The SMILES string of the molecule is Cc1ccccc1NC(=O)/C(C#N)=C\N1CCN(c2cccc(Cl)c2)CC1. The van der Waals surface area contributed by atoms with E-state index in [1.165, 1.54) is 0 Å². The molecule has 6 heteroatoms. The Hall–Kier alpha value is -2.97. The van der Waals surface area contributed by atoms with E-state index in [9.17, 15) is 10.1 Å². The summed E-state index contributed by atoms with van der Waals surface area (Å²) < 4.78 is 0. The van der Waals surface area contributed by atoms with E-state index in [2.05, 4.69) is 10.2 Å². The number of amides is 1. The smallest absolute Gasteiger partial charge is 0.267 e. The fourth-order valence-corrected chi connectivity index (χ4v) is 3.19. The van der Waals surface area contributed by atoms with Gasteiger partial charge >= 0.3 is 0 Å². The second-order valence-electron chi connectivity index (χ2n) is 6.43. The van der Waals surface area contributed by atoms with Crippen LogP contribution in [0.25, 0.3) is 0 Å². The minimum absolute atomic E-state index is 0.106. The summed E-state index contributed by atoms with van der Waals surface area (Å²) in [6, 6.07) is 17.3. The Labute approximate surface area is 164 Å². The van der Waals surface area contributed by atoms with Gasteiger partial charge in [0.2, 0.25) is 0 Å². The highest BCUT2D eigenvalue weighted by Crippen LogP contribution is 2.21. The predicted octanol–water partition coefficient (Wildman–Crippen LogP) is 3.82. The lowest BCUT2D eigenvalue weighted by Crippen LogP contribution is -2.44. The third kappa shape index (κ3) is 4.81. The summed E-state index contributed by atoms with van der Waals surface area (Å²) in [7, 11) is 0. The number of hydrogen-bond donors (Lipinski definition) is 1. The van der Waals surface area contributed by atoms with Crippen molar-refractivity contribution >= 4 is 28.9 Å². The van der Waals surface area contributed by atoms with E-state index in [0.29, 0.717) is 0 Å². The van der Waals surface area contributed by atoms with Crippen LogP contribution in [0.5, 0.6) is 0 Å². The lowest BCUT2D eigenvalue weighted by atomic mass is 10.2. The Morgan fingerprint density at radius 1 is 1.15 bits per heavy atom. The molecule has 0 saturated carbocycles. The van der Waals surface area contributed by atoms with Crippen LogP contribution in [0.4, 0.5) is 11.4 Å². The molecule has 0 aromatic heterocycles. The number of carbonyl (C=O) groups excluding carboxylic acids is 1. The van der Waals surface area contributed by atoms with Crippen LogP contribution in [0.2, 0.25) is 5.02 Å². The molecule has 1 amide bonds. The molecule has 1 saturated heterocycles. The van der Waals surface area contributed by atoms with Gasteiger partial charge < -0.3 is 15.1 Å². The fourth-order valence-electron chi connectivity index (χ4n) is 3.01. The molecule has 1 N–H and O–H groups in total. The van der Waals surface area contributed by atoms with Crippen LogP contribution in [0.15, 0.2) is 60.3 Å². The maximum atomic E-state index is 12.4. The molecule has 0 aliphatic carbocycles. The minimum atomic E-state index is -0.385. The number of aryl methyl sites for hydroxylation is 1. The van der Waals surface area contributed by atoms with Gasteiger partial charge in [-0.05, 0) is 36.8 Å². The number of anilines is 2. The van der Waals surface area contributed by atoms with Crippen molar-refractivity contribution in [1.82, 2.24) is 4.90 Å². The van der Waals surface area contributed by atoms with Crippen molar-refractivity contribution in [2.75, 3.05) is 36.4 Å². The number of nitrogens with one attached hydrogen (secondary N) is 1. The summed E-state index contributed by atoms with van der Waals surface area (Å²) >= 11 is 6.07. The van der Waals surface area contributed by atoms with E-state index in [-0.39, 0.29) is 11.5 Å². The van der Waals surface area contributed by atoms with E-state index in [4.69, 9.17) is 11.6 Å². The molecule has 0 radical (unpaired) electrons. The van der Waals surface area contributed by atoms with Crippen molar-refractivity contribution in [2.45, 2.75) is 6.92 Å². The number of piperazine rings is 1. The Kier molecular flexibility index (Phi) is 6.00. The van der Waals surface area contributed by atoms with Gasteiger partial charge in [-0.2, -0.15) is 5.26 Å². The highest BCUT2D eigenvalue weighted by atomic mass is 35.5. The van der Waals surface area contributed by atoms with Crippen LogP contribution in [0.3, 0.4) is 0 Å². The van der Waals surface area contributed by atoms with Gasteiger partial charge in [0.25, 0.3) is 5.91 Å². The van der Waals surface area contributed by atoms with Gasteiger partial charge in [0.05, 0.1) is 0 Å². The van der Waals surface area contributed by atoms with Crippen molar-refractivity contribution in [2.24, 2.45) is 0 Å². The highest BCUT2D eigenvalue weighted by Gasteiger charge is 2.18. The lowest BCUT2D eigenvalue weighted by Gasteiger charge is -2.35. The van der Waals surface area contributed by atoms with Crippen LogP contribution in [0.1, 0.15) is 5.56 Å².